The first-order chi connectivity index (χ1) is 8.62. The Labute approximate surface area is 109 Å². The zero-order valence-electron chi connectivity index (χ0n) is 11.1. The summed E-state index contributed by atoms with van der Waals surface area (Å²) in [4.78, 5) is 0. The van der Waals surface area contributed by atoms with Crippen LogP contribution in [0.5, 0.6) is 5.75 Å². The number of nitrogens with one attached hydrogen (secondary N) is 1. The lowest BCUT2D eigenvalue weighted by Crippen LogP contribution is -2.18. The molecule has 1 aromatic carbocycles. The van der Waals surface area contributed by atoms with Crippen molar-refractivity contribution in [3.8, 4) is 11.8 Å². The third-order valence-electron chi connectivity index (χ3n) is 3.64. The highest BCUT2D eigenvalue weighted by Gasteiger charge is 2.44. The Morgan fingerprint density at radius 2 is 2.28 bits per heavy atom. The van der Waals surface area contributed by atoms with Crippen LogP contribution in [0, 0.1) is 22.7 Å². The van der Waals surface area contributed by atoms with Crippen LogP contribution in [0.25, 0.3) is 0 Å². The maximum atomic E-state index is 8.47. The molecule has 3 nitrogen and oxygen atoms in total. The molecule has 1 fully saturated rings. The molecule has 0 aliphatic heterocycles. The molecular weight excluding hydrogens is 224 g/mol. The van der Waals surface area contributed by atoms with E-state index < -0.39 is 0 Å². The van der Waals surface area contributed by atoms with E-state index in [1.807, 2.05) is 24.3 Å². The van der Waals surface area contributed by atoms with Crippen molar-refractivity contribution in [3.63, 3.8) is 0 Å². The van der Waals surface area contributed by atoms with Crippen molar-refractivity contribution in [2.45, 2.75) is 26.8 Å². The van der Waals surface area contributed by atoms with E-state index >= 15 is 0 Å². The summed E-state index contributed by atoms with van der Waals surface area (Å²) in [5.41, 5.74) is 1.73. The highest BCUT2D eigenvalue weighted by Crippen LogP contribution is 2.50. The number of nitriles is 1. The highest BCUT2D eigenvalue weighted by molar-refractivity contribution is 5.28. The third kappa shape index (κ3) is 3.48. The zero-order valence-corrected chi connectivity index (χ0v) is 11.1. The van der Waals surface area contributed by atoms with Gasteiger partial charge in [-0.25, -0.2) is 0 Å². The minimum absolute atomic E-state index is 0.104. The molecule has 0 heterocycles. The molecule has 0 saturated heterocycles. The summed E-state index contributed by atoms with van der Waals surface area (Å²) in [5, 5.41) is 12.0. The fourth-order valence-electron chi connectivity index (χ4n) is 2.18. The minimum atomic E-state index is 0.104. The molecule has 1 atom stereocenters. The lowest BCUT2D eigenvalue weighted by Gasteiger charge is -2.08. The van der Waals surface area contributed by atoms with E-state index in [1.165, 1.54) is 12.0 Å². The van der Waals surface area contributed by atoms with Gasteiger partial charge in [0.25, 0.3) is 0 Å². The Morgan fingerprint density at radius 1 is 1.50 bits per heavy atom. The Hall–Kier alpha value is -1.53. The van der Waals surface area contributed by atoms with Crippen molar-refractivity contribution < 1.29 is 4.74 Å². The molecule has 1 aliphatic carbocycles. The molecule has 0 radical (unpaired) electrons. The van der Waals surface area contributed by atoms with E-state index in [1.54, 1.807) is 0 Å². The van der Waals surface area contributed by atoms with Crippen molar-refractivity contribution in [1.82, 2.24) is 5.32 Å². The second kappa shape index (κ2) is 5.41. The van der Waals surface area contributed by atoms with Gasteiger partial charge >= 0.3 is 0 Å². The van der Waals surface area contributed by atoms with Crippen LogP contribution in [-0.4, -0.2) is 13.2 Å². The van der Waals surface area contributed by atoms with Crippen molar-refractivity contribution >= 4 is 0 Å². The van der Waals surface area contributed by atoms with Gasteiger partial charge in [-0.15, -0.1) is 0 Å². The number of hydrogen-bond acceptors (Lipinski definition) is 3. The number of hydrogen-bond donors (Lipinski definition) is 1. The molecule has 0 amide bonds. The van der Waals surface area contributed by atoms with Crippen LogP contribution < -0.4 is 10.1 Å². The summed E-state index contributed by atoms with van der Waals surface area (Å²) in [6.45, 7) is 6.67. The summed E-state index contributed by atoms with van der Waals surface area (Å²) >= 11 is 0. The van der Waals surface area contributed by atoms with Gasteiger partial charge in [-0.2, -0.15) is 5.26 Å². The van der Waals surface area contributed by atoms with E-state index in [-0.39, 0.29) is 6.61 Å². The van der Waals surface area contributed by atoms with Gasteiger partial charge in [-0.3, -0.25) is 0 Å². The normalized spacial score (nSPS) is 20.2. The fourth-order valence-corrected chi connectivity index (χ4v) is 2.18. The Balaban J connectivity index is 1.77. The predicted octanol–water partition coefficient (Wildman–Crippen LogP) is 2.72. The minimum Gasteiger partial charge on any atom is -0.479 e. The number of ether oxygens (including phenoxy) is 1. The smallest absolute Gasteiger partial charge is 0.174 e. The van der Waals surface area contributed by atoms with Crippen LogP contribution in [-0.2, 0) is 6.54 Å². The monoisotopic (exact) mass is 244 g/mol. The zero-order chi connectivity index (χ0) is 13.0. The van der Waals surface area contributed by atoms with Crippen molar-refractivity contribution in [2.24, 2.45) is 11.3 Å². The molecule has 1 aliphatic rings. The van der Waals surface area contributed by atoms with E-state index in [2.05, 4.69) is 25.2 Å². The van der Waals surface area contributed by atoms with Crippen LogP contribution in [0.1, 0.15) is 25.8 Å². The maximum Gasteiger partial charge on any atom is 0.174 e. The van der Waals surface area contributed by atoms with Crippen LogP contribution >= 0.6 is 0 Å². The molecule has 2 rings (SSSR count). The van der Waals surface area contributed by atoms with Crippen LogP contribution in [0.3, 0.4) is 0 Å². The van der Waals surface area contributed by atoms with Crippen molar-refractivity contribution in [3.05, 3.63) is 29.8 Å². The molecule has 1 N–H and O–H groups in total. The first-order valence-electron chi connectivity index (χ1n) is 6.41. The Kier molecular flexibility index (Phi) is 3.88. The van der Waals surface area contributed by atoms with Gasteiger partial charge in [0.15, 0.2) is 6.61 Å². The second-order valence-electron chi connectivity index (χ2n) is 5.61. The van der Waals surface area contributed by atoms with Crippen molar-refractivity contribution in [2.75, 3.05) is 13.2 Å². The van der Waals surface area contributed by atoms with Crippen LogP contribution in [0.2, 0.25) is 0 Å². The quantitative estimate of drug-likeness (QED) is 0.837. The molecule has 18 heavy (non-hydrogen) atoms. The standard InChI is InChI=1S/C15H20N2O/c1-15(2)9-13(15)11-17-10-12-4-3-5-14(8-12)18-7-6-16/h3-5,8,13,17H,7,9-11H2,1-2H3. The number of nitrogens with zero attached hydrogens (tertiary/aromatic N) is 1. The number of rotatable bonds is 6. The van der Waals surface area contributed by atoms with E-state index in [9.17, 15) is 0 Å². The topological polar surface area (TPSA) is 45.0 Å². The van der Waals surface area contributed by atoms with E-state index in [4.69, 9.17) is 10.00 Å². The fraction of sp³-hybridized carbons (Fsp3) is 0.533. The molecule has 0 bridgehead atoms. The van der Waals surface area contributed by atoms with E-state index in [0.717, 1.165) is 24.8 Å². The summed E-state index contributed by atoms with van der Waals surface area (Å²) in [6, 6.07) is 9.88. The molecule has 0 spiro atoms. The molecule has 1 saturated carbocycles. The maximum absolute atomic E-state index is 8.47. The summed E-state index contributed by atoms with van der Waals surface area (Å²) in [5.74, 6) is 1.58. The highest BCUT2D eigenvalue weighted by atomic mass is 16.5. The van der Waals surface area contributed by atoms with Gasteiger partial charge in [-0.05, 0) is 42.0 Å². The van der Waals surface area contributed by atoms with Crippen LogP contribution in [0.15, 0.2) is 24.3 Å². The summed E-state index contributed by atoms with van der Waals surface area (Å²) < 4.78 is 5.28. The first-order valence-corrected chi connectivity index (χ1v) is 6.41. The van der Waals surface area contributed by atoms with Crippen molar-refractivity contribution in [1.29, 1.82) is 5.26 Å². The Bertz CT molecular complexity index is 448. The molecule has 0 aromatic heterocycles. The van der Waals surface area contributed by atoms with Gasteiger partial charge in [0, 0.05) is 6.54 Å². The van der Waals surface area contributed by atoms with Gasteiger partial charge in [-0.1, -0.05) is 26.0 Å². The van der Waals surface area contributed by atoms with Gasteiger partial charge < -0.3 is 10.1 Å². The SMILES string of the molecule is CC1(C)CC1CNCc1cccc(OCC#N)c1. The molecule has 1 aromatic rings. The van der Waals surface area contributed by atoms with E-state index in [0.29, 0.717) is 5.41 Å². The predicted molar refractivity (Wildman–Crippen MR) is 71.1 cm³/mol. The lowest BCUT2D eigenvalue weighted by atomic mass is 10.1. The molecule has 1 unspecified atom stereocenters. The van der Waals surface area contributed by atoms with Gasteiger partial charge in [0.05, 0.1) is 0 Å². The molecule has 96 valence electrons. The molecular formula is C15H20N2O. The lowest BCUT2D eigenvalue weighted by molar-refractivity contribution is 0.367. The average molecular weight is 244 g/mol. The first kappa shape index (κ1) is 12.9. The average Bonchev–Trinajstić information content (AvgIpc) is 2.95. The number of benzene rings is 1. The van der Waals surface area contributed by atoms with Gasteiger partial charge in [0.1, 0.15) is 11.8 Å². The van der Waals surface area contributed by atoms with Gasteiger partial charge in [0.2, 0.25) is 0 Å². The summed E-state index contributed by atoms with van der Waals surface area (Å²) in [7, 11) is 0. The largest absolute Gasteiger partial charge is 0.479 e. The molecule has 3 heteroatoms. The summed E-state index contributed by atoms with van der Waals surface area (Å²) in [6.07, 6.45) is 1.32. The Morgan fingerprint density at radius 3 is 2.94 bits per heavy atom. The third-order valence-corrected chi connectivity index (χ3v) is 3.64. The van der Waals surface area contributed by atoms with Crippen LogP contribution in [0.4, 0.5) is 0 Å². The second-order valence-corrected chi connectivity index (χ2v) is 5.61.